The van der Waals surface area contributed by atoms with Crippen LogP contribution in [0, 0.1) is 19.3 Å². The zero-order valence-electron chi connectivity index (χ0n) is 24.2. The molecule has 3 aromatic carbocycles. The SMILES string of the molecule is CCOC(=O)C1(C(=O)OCC)Cc2ccc(C3C[C@H](Oc4ccc(C)cc4)[C@@H](COc4ccc(C)cc4)O3)cc2C1. The molecular weight excluding hydrogens is 520 g/mol. The number of hydrogen-bond acceptors (Lipinski definition) is 7. The van der Waals surface area contributed by atoms with Crippen LogP contribution in [-0.2, 0) is 36.6 Å². The van der Waals surface area contributed by atoms with E-state index in [2.05, 4.69) is 0 Å². The quantitative estimate of drug-likeness (QED) is 0.227. The highest BCUT2D eigenvalue weighted by Crippen LogP contribution is 2.42. The Kier molecular flexibility index (Phi) is 8.64. The highest BCUT2D eigenvalue weighted by molar-refractivity contribution is 6.01. The van der Waals surface area contributed by atoms with Gasteiger partial charge < -0.3 is 23.7 Å². The number of fused-ring (bicyclic) bond motifs is 1. The van der Waals surface area contributed by atoms with Gasteiger partial charge in [0.2, 0.25) is 0 Å². The van der Waals surface area contributed by atoms with Gasteiger partial charge in [0, 0.05) is 6.42 Å². The first-order chi connectivity index (χ1) is 19.8. The number of esters is 2. The van der Waals surface area contributed by atoms with Crippen LogP contribution in [0.1, 0.15) is 54.2 Å². The standard InChI is InChI=1S/C34H38O7/c1-5-37-32(35)34(33(36)38-6-2)19-25-12-11-24(17-26(25)20-34)29-18-30(40-28-15-9-23(4)10-16-28)31(41-29)21-39-27-13-7-22(3)8-14-27/h7-17,29-31H,5-6,18-21H2,1-4H3/t29?,30-,31+/m0/s1. The van der Waals surface area contributed by atoms with Crippen LogP contribution >= 0.6 is 0 Å². The van der Waals surface area contributed by atoms with Crippen molar-refractivity contribution < 1.29 is 33.3 Å². The summed E-state index contributed by atoms with van der Waals surface area (Å²) in [5.41, 5.74) is 3.83. The maximum atomic E-state index is 13.0. The molecule has 0 aromatic heterocycles. The van der Waals surface area contributed by atoms with E-state index in [0.29, 0.717) is 13.0 Å². The van der Waals surface area contributed by atoms with Gasteiger partial charge in [-0.05, 0) is 81.5 Å². The van der Waals surface area contributed by atoms with Crippen molar-refractivity contribution >= 4 is 11.9 Å². The predicted octanol–water partition coefficient (Wildman–Crippen LogP) is 5.87. The van der Waals surface area contributed by atoms with Crippen LogP contribution in [0.3, 0.4) is 0 Å². The van der Waals surface area contributed by atoms with Gasteiger partial charge in [-0.1, -0.05) is 53.6 Å². The molecule has 0 N–H and O–H groups in total. The van der Waals surface area contributed by atoms with Gasteiger partial charge >= 0.3 is 11.9 Å². The van der Waals surface area contributed by atoms with E-state index in [9.17, 15) is 9.59 Å². The van der Waals surface area contributed by atoms with Crippen LogP contribution in [0.2, 0.25) is 0 Å². The van der Waals surface area contributed by atoms with E-state index < -0.39 is 17.4 Å². The molecule has 7 nitrogen and oxygen atoms in total. The molecule has 0 saturated carbocycles. The molecule has 0 spiro atoms. The molecule has 41 heavy (non-hydrogen) atoms. The largest absolute Gasteiger partial charge is 0.491 e. The van der Waals surface area contributed by atoms with E-state index in [0.717, 1.165) is 33.8 Å². The molecule has 1 saturated heterocycles. The molecule has 1 heterocycles. The molecule has 3 atom stereocenters. The van der Waals surface area contributed by atoms with Crippen molar-refractivity contribution in [2.24, 2.45) is 5.41 Å². The number of aryl methyl sites for hydroxylation is 2. The molecule has 1 fully saturated rings. The molecule has 0 bridgehead atoms. The summed E-state index contributed by atoms with van der Waals surface area (Å²) in [4.78, 5) is 26.0. The molecule has 1 unspecified atom stereocenters. The summed E-state index contributed by atoms with van der Waals surface area (Å²) in [6.07, 6.45) is 0.383. The molecular formula is C34H38O7. The van der Waals surface area contributed by atoms with Crippen molar-refractivity contribution in [3.63, 3.8) is 0 Å². The van der Waals surface area contributed by atoms with E-state index in [1.165, 1.54) is 5.56 Å². The Morgan fingerprint density at radius 2 is 1.39 bits per heavy atom. The summed E-state index contributed by atoms with van der Waals surface area (Å²) in [7, 11) is 0. The topological polar surface area (TPSA) is 80.3 Å². The summed E-state index contributed by atoms with van der Waals surface area (Å²) >= 11 is 0. The molecule has 5 rings (SSSR count). The lowest BCUT2D eigenvalue weighted by Crippen LogP contribution is -2.43. The second-order valence-corrected chi connectivity index (χ2v) is 10.9. The average Bonchev–Trinajstić information content (AvgIpc) is 3.56. The van der Waals surface area contributed by atoms with Gasteiger partial charge in [0.05, 0.1) is 19.3 Å². The first-order valence-electron chi connectivity index (χ1n) is 14.4. The van der Waals surface area contributed by atoms with E-state index in [1.807, 2.05) is 80.6 Å². The van der Waals surface area contributed by atoms with Gasteiger partial charge in [0.25, 0.3) is 0 Å². The minimum Gasteiger partial charge on any atom is -0.491 e. The van der Waals surface area contributed by atoms with Crippen LogP contribution in [0.25, 0.3) is 0 Å². The fraction of sp³-hybridized carbons (Fsp3) is 0.412. The van der Waals surface area contributed by atoms with Gasteiger partial charge in [0.1, 0.15) is 30.3 Å². The Hall–Kier alpha value is -3.84. The highest BCUT2D eigenvalue weighted by atomic mass is 16.6. The monoisotopic (exact) mass is 558 g/mol. The Morgan fingerprint density at radius 3 is 2.00 bits per heavy atom. The number of rotatable bonds is 10. The first kappa shape index (κ1) is 28.7. The lowest BCUT2D eigenvalue weighted by Gasteiger charge is -2.24. The summed E-state index contributed by atoms with van der Waals surface area (Å²) in [5.74, 6) is 0.498. The van der Waals surface area contributed by atoms with Gasteiger partial charge in [-0.15, -0.1) is 0 Å². The first-order valence-corrected chi connectivity index (χ1v) is 14.4. The number of carbonyl (C=O) groups excluding carboxylic acids is 2. The maximum Gasteiger partial charge on any atom is 0.324 e. The maximum absolute atomic E-state index is 13.0. The van der Waals surface area contributed by atoms with Crippen molar-refractivity contribution in [3.8, 4) is 11.5 Å². The molecule has 3 aromatic rings. The Morgan fingerprint density at radius 1 is 0.805 bits per heavy atom. The van der Waals surface area contributed by atoms with Crippen LogP contribution in [0.4, 0.5) is 0 Å². The lowest BCUT2D eigenvalue weighted by atomic mass is 9.84. The van der Waals surface area contributed by atoms with Crippen molar-refractivity contribution in [3.05, 3.63) is 94.5 Å². The fourth-order valence-electron chi connectivity index (χ4n) is 5.61. The normalized spacial score (nSPS) is 20.7. The Bertz CT molecular complexity index is 1340. The third kappa shape index (κ3) is 6.25. The average molecular weight is 559 g/mol. The second kappa shape index (κ2) is 12.4. The minimum atomic E-state index is -1.36. The third-order valence-corrected chi connectivity index (χ3v) is 7.86. The molecule has 1 aliphatic heterocycles. The Labute approximate surface area is 241 Å². The molecule has 216 valence electrons. The third-order valence-electron chi connectivity index (χ3n) is 7.86. The summed E-state index contributed by atoms with van der Waals surface area (Å²) in [6, 6.07) is 22.0. The number of hydrogen-bond donors (Lipinski definition) is 0. The van der Waals surface area contributed by atoms with Gasteiger partial charge in [-0.3, -0.25) is 9.59 Å². The van der Waals surface area contributed by atoms with E-state index >= 15 is 0 Å². The zero-order chi connectivity index (χ0) is 29.0. The number of carbonyl (C=O) groups is 2. The molecule has 0 amide bonds. The lowest BCUT2D eigenvalue weighted by molar-refractivity contribution is -0.171. The van der Waals surface area contributed by atoms with Crippen molar-refractivity contribution in [1.29, 1.82) is 0 Å². The fourth-order valence-corrected chi connectivity index (χ4v) is 5.61. The molecule has 1 aliphatic carbocycles. The van der Waals surface area contributed by atoms with Crippen LogP contribution in [0.15, 0.2) is 66.7 Å². The van der Waals surface area contributed by atoms with Crippen molar-refractivity contribution in [1.82, 2.24) is 0 Å². The number of benzene rings is 3. The number of ether oxygens (including phenoxy) is 5. The van der Waals surface area contributed by atoms with E-state index in [1.54, 1.807) is 13.8 Å². The van der Waals surface area contributed by atoms with Gasteiger partial charge in [0.15, 0.2) is 5.41 Å². The second-order valence-electron chi connectivity index (χ2n) is 10.9. The van der Waals surface area contributed by atoms with Crippen molar-refractivity contribution in [2.75, 3.05) is 19.8 Å². The van der Waals surface area contributed by atoms with Crippen LogP contribution in [0.5, 0.6) is 11.5 Å². The van der Waals surface area contributed by atoms with E-state index in [-0.39, 0.29) is 44.4 Å². The summed E-state index contributed by atoms with van der Waals surface area (Å²) in [6.45, 7) is 8.31. The summed E-state index contributed by atoms with van der Waals surface area (Å²) < 4.78 is 29.7. The van der Waals surface area contributed by atoms with Crippen LogP contribution < -0.4 is 9.47 Å². The van der Waals surface area contributed by atoms with Gasteiger partial charge in [-0.25, -0.2) is 0 Å². The molecule has 2 aliphatic rings. The highest BCUT2D eigenvalue weighted by Gasteiger charge is 2.53. The van der Waals surface area contributed by atoms with Crippen molar-refractivity contribution in [2.45, 2.75) is 65.3 Å². The zero-order valence-corrected chi connectivity index (χ0v) is 24.2. The van der Waals surface area contributed by atoms with E-state index in [4.69, 9.17) is 23.7 Å². The molecule has 0 radical (unpaired) electrons. The van der Waals surface area contributed by atoms with Gasteiger partial charge in [-0.2, -0.15) is 0 Å². The Balaban J connectivity index is 1.36. The predicted molar refractivity (Wildman–Crippen MR) is 154 cm³/mol. The molecule has 7 heteroatoms. The van der Waals surface area contributed by atoms with Crippen LogP contribution in [-0.4, -0.2) is 44.0 Å². The summed E-state index contributed by atoms with van der Waals surface area (Å²) in [5, 5.41) is 0. The smallest absolute Gasteiger partial charge is 0.324 e. The minimum absolute atomic E-state index is 0.200.